The molecule has 35 heteroatoms. The van der Waals surface area contributed by atoms with E-state index in [0.717, 1.165) is 29.4 Å². The van der Waals surface area contributed by atoms with Crippen molar-refractivity contribution >= 4 is 116 Å². The van der Waals surface area contributed by atoms with Crippen molar-refractivity contribution in [3.63, 3.8) is 0 Å². The molecule has 0 aliphatic carbocycles. The molecule has 0 radical (unpaired) electrons. The Morgan fingerprint density at radius 1 is 0.402 bits per heavy atom. The number of aromatic nitrogens is 13. The molecule has 8 aromatic heterocycles. The van der Waals surface area contributed by atoms with Crippen LogP contribution in [0, 0.1) is 11.6 Å². The van der Waals surface area contributed by atoms with E-state index >= 15 is 8.78 Å². The highest BCUT2D eigenvalue weighted by Gasteiger charge is 2.27. The molecule has 0 bridgehead atoms. The molecular formula is C67H66F2N22O11. The standard InChI is InChI=1S/C17H17FN6O2.C17H16FN5O3.C17H17N5O3.C16H16N6O3/c1-3-21-17(26)24-16-22-11-7-10(9-5-4-6-20-8-9)13(18)12(14(11)23-16)15(25)19-2;1-3-20-17(25)23-16-21-11-7-10(9-5-4-6-19-8-9)13(18)12(14(11)22-16)15(24)26-2;1-3-19-17(24)22-16-20-13-8-11(10-5-4-6-18-9-10)7-12(14(13)21-16)15(23)25-2;1-3-19-16(24)22-15-20-12-5-9(10-6-17-8-18-7-10)4-11(13(12)21-15)14(23)25-2/h4-8H,3H2,1-2H3,(H,19,25)(H3,21,22,23,24,26);4-8H,3H2,1-2H3,(H3,20,21,22,23,25);4-9H,3H2,1-2H3,(H3,19,20,21,22,24);4-8H,3H2,1-2H3,(H3,19,20,21,22,24). The van der Waals surface area contributed by atoms with Crippen molar-refractivity contribution in [3.8, 4) is 44.5 Å². The molecule has 9 amide bonds. The van der Waals surface area contributed by atoms with Crippen LogP contribution in [0.1, 0.15) is 69.1 Å². The fraction of sp³-hybridized carbons (Fsp3) is 0.179. The van der Waals surface area contributed by atoms with Gasteiger partial charge in [0.15, 0.2) is 0 Å². The number of benzene rings is 4. The number of pyridine rings is 3. The van der Waals surface area contributed by atoms with Crippen LogP contribution in [-0.4, -0.2) is 167 Å². The third-order valence-corrected chi connectivity index (χ3v) is 14.4. The van der Waals surface area contributed by atoms with Gasteiger partial charge in [-0.1, -0.05) is 18.2 Å². The fourth-order valence-corrected chi connectivity index (χ4v) is 9.91. The Morgan fingerprint density at radius 3 is 1.09 bits per heavy atom. The van der Waals surface area contributed by atoms with Gasteiger partial charge in [-0.05, 0) is 93.4 Å². The van der Waals surface area contributed by atoms with E-state index in [1.165, 1.54) is 52.1 Å². The molecule has 102 heavy (non-hydrogen) atoms. The maximum absolute atomic E-state index is 15.1. The van der Waals surface area contributed by atoms with Gasteiger partial charge in [0.05, 0.1) is 54.5 Å². The summed E-state index contributed by atoms with van der Waals surface area (Å²) in [7, 11) is 5.17. The maximum Gasteiger partial charge on any atom is 0.343 e. The SMILES string of the molecule is CCNC(=O)Nc1nc2c(C(=O)NC)c(F)c(-c3cccnc3)cc2[nH]1.CCNC(=O)Nc1nc2c(C(=O)OC)c(F)c(-c3cccnc3)cc2[nH]1.CCNC(=O)Nc1nc2c(C(=O)OC)cc(-c3cccnc3)cc2[nH]1.CCNC(=O)Nc1nc2c(C(=O)OC)cc(-c3cncnc3)cc2[nH]1. The summed E-state index contributed by atoms with van der Waals surface area (Å²) in [6.45, 7) is 9.01. The molecule has 524 valence electrons. The summed E-state index contributed by atoms with van der Waals surface area (Å²) >= 11 is 0. The molecule has 0 aliphatic heterocycles. The minimum atomic E-state index is -0.866. The number of hydrogen-bond donors (Lipinski definition) is 13. The highest BCUT2D eigenvalue weighted by molar-refractivity contribution is 6.09. The zero-order chi connectivity index (χ0) is 73.0. The first-order valence-electron chi connectivity index (χ1n) is 31.0. The molecule has 0 atom stereocenters. The zero-order valence-electron chi connectivity index (χ0n) is 55.7. The second-order valence-electron chi connectivity index (χ2n) is 21.0. The van der Waals surface area contributed by atoms with Crippen LogP contribution in [0.3, 0.4) is 0 Å². The van der Waals surface area contributed by atoms with Crippen LogP contribution >= 0.6 is 0 Å². The highest BCUT2D eigenvalue weighted by atomic mass is 19.1. The van der Waals surface area contributed by atoms with E-state index in [1.54, 1.807) is 93.5 Å². The molecule has 0 aliphatic rings. The lowest BCUT2D eigenvalue weighted by Crippen LogP contribution is -2.28. The number of nitrogens with zero attached hydrogens (tertiary/aromatic N) is 9. The number of fused-ring (bicyclic) bond motifs is 4. The summed E-state index contributed by atoms with van der Waals surface area (Å²) in [5, 5.41) is 22.9. The molecule has 12 rings (SSSR count). The van der Waals surface area contributed by atoms with Crippen molar-refractivity contribution in [1.82, 2.24) is 91.4 Å². The molecule has 0 spiro atoms. The van der Waals surface area contributed by atoms with Crippen molar-refractivity contribution < 1.29 is 61.3 Å². The first-order chi connectivity index (χ1) is 49.3. The van der Waals surface area contributed by atoms with Gasteiger partial charge in [0.1, 0.15) is 51.2 Å². The Kier molecular flexibility index (Phi) is 24.0. The summed E-state index contributed by atoms with van der Waals surface area (Å²) in [4.78, 5) is 144. The van der Waals surface area contributed by atoms with Gasteiger partial charge < -0.3 is 60.7 Å². The predicted molar refractivity (Wildman–Crippen MR) is 373 cm³/mol. The third kappa shape index (κ3) is 17.3. The number of halogens is 2. The number of carbonyl (C=O) groups excluding carboxylic acids is 8. The Balaban J connectivity index is 0.000000158. The Morgan fingerprint density at radius 2 is 0.735 bits per heavy atom. The lowest BCUT2D eigenvalue weighted by molar-refractivity contribution is 0.0590. The van der Waals surface area contributed by atoms with Crippen LogP contribution in [0.5, 0.6) is 0 Å². The topological polar surface area (TPSA) is 452 Å². The number of ether oxygens (including phenoxy) is 3. The number of aromatic amines is 4. The fourth-order valence-electron chi connectivity index (χ4n) is 9.91. The predicted octanol–water partition coefficient (Wildman–Crippen LogP) is 9.46. The number of nitrogens with one attached hydrogen (secondary N) is 13. The van der Waals surface area contributed by atoms with E-state index < -0.39 is 53.5 Å². The number of imidazole rings is 4. The van der Waals surface area contributed by atoms with Crippen LogP contribution in [0.4, 0.5) is 51.8 Å². The summed E-state index contributed by atoms with van der Waals surface area (Å²) in [5.41, 5.74) is 7.52. The van der Waals surface area contributed by atoms with Crippen LogP contribution in [0.15, 0.2) is 129 Å². The monoisotopic (exact) mass is 1390 g/mol. The molecule has 4 aromatic carbocycles. The molecule has 13 N–H and O–H groups in total. The number of carbonyl (C=O) groups is 8. The highest BCUT2D eigenvalue weighted by Crippen LogP contribution is 2.35. The van der Waals surface area contributed by atoms with Crippen molar-refractivity contribution in [3.05, 3.63) is 163 Å². The smallest absolute Gasteiger partial charge is 0.343 e. The Labute approximate surface area is 577 Å². The second kappa shape index (κ2) is 33.9. The van der Waals surface area contributed by atoms with E-state index in [1.807, 2.05) is 32.0 Å². The minimum absolute atomic E-state index is 0.0637. The number of urea groups is 4. The molecule has 12 aromatic rings. The van der Waals surface area contributed by atoms with E-state index in [-0.39, 0.29) is 68.7 Å². The van der Waals surface area contributed by atoms with Crippen LogP contribution in [0.25, 0.3) is 88.6 Å². The molecule has 0 saturated carbocycles. The number of methoxy groups -OCH3 is 3. The normalized spacial score (nSPS) is 10.5. The lowest BCUT2D eigenvalue weighted by atomic mass is 10.0. The molecule has 0 unspecified atom stereocenters. The number of rotatable bonds is 16. The third-order valence-electron chi connectivity index (χ3n) is 14.4. The quantitative estimate of drug-likeness (QED) is 0.0316. The summed E-state index contributed by atoms with van der Waals surface area (Å²) in [5.74, 6) is -3.33. The van der Waals surface area contributed by atoms with E-state index in [0.29, 0.717) is 76.0 Å². The number of anilines is 4. The second-order valence-corrected chi connectivity index (χ2v) is 21.0. The first-order valence-corrected chi connectivity index (χ1v) is 31.0. The Hall–Kier alpha value is -13.9. The number of H-pyrrole nitrogens is 4. The van der Waals surface area contributed by atoms with Gasteiger partial charge in [0.25, 0.3) is 5.91 Å². The van der Waals surface area contributed by atoms with Gasteiger partial charge in [-0.25, -0.2) is 72.2 Å². The summed E-state index contributed by atoms with van der Waals surface area (Å²) in [6.07, 6.45) is 14.2. The van der Waals surface area contributed by atoms with Gasteiger partial charge in [-0.3, -0.25) is 41.0 Å². The van der Waals surface area contributed by atoms with Gasteiger partial charge in [-0.2, -0.15) is 0 Å². The van der Waals surface area contributed by atoms with Gasteiger partial charge in [0, 0.05) is 116 Å². The van der Waals surface area contributed by atoms with E-state index in [9.17, 15) is 38.4 Å². The molecule has 8 heterocycles. The lowest BCUT2D eigenvalue weighted by Gasteiger charge is -2.08. The van der Waals surface area contributed by atoms with Crippen molar-refractivity contribution in [2.45, 2.75) is 27.7 Å². The zero-order valence-corrected chi connectivity index (χ0v) is 55.7. The Bertz CT molecular complexity index is 4730. The largest absolute Gasteiger partial charge is 0.465 e. The van der Waals surface area contributed by atoms with Gasteiger partial charge in [-0.15, -0.1) is 0 Å². The molecule has 0 saturated heterocycles. The number of amides is 9. The van der Waals surface area contributed by atoms with E-state index in [4.69, 9.17) is 14.2 Å². The summed E-state index contributed by atoms with van der Waals surface area (Å²) in [6, 6.07) is 18.7. The average molecular weight is 1390 g/mol. The average Bonchev–Trinajstić information content (AvgIpc) is 1.55. The summed E-state index contributed by atoms with van der Waals surface area (Å²) < 4.78 is 44.5. The number of esters is 3. The van der Waals surface area contributed by atoms with Crippen LogP contribution in [0.2, 0.25) is 0 Å². The van der Waals surface area contributed by atoms with Crippen molar-refractivity contribution in [2.24, 2.45) is 0 Å². The number of hydrogen-bond acceptors (Lipinski definition) is 20. The first kappa shape index (κ1) is 72.4. The molecular weight excluding hydrogens is 1330 g/mol. The molecule has 0 fully saturated rings. The maximum atomic E-state index is 15.1. The van der Waals surface area contributed by atoms with E-state index in [2.05, 4.69) is 113 Å². The van der Waals surface area contributed by atoms with Gasteiger partial charge >= 0.3 is 42.0 Å². The van der Waals surface area contributed by atoms with Crippen molar-refractivity contribution in [1.29, 1.82) is 0 Å². The van der Waals surface area contributed by atoms with Crippen molar-refractivity contribution in [2.75, 3.05) is 75.8 Å². The van der Waals surface area contributed by atoms with Crippen LogP contribution in [-0.2, 0) is 14.2 Å². The van der Waals surface area contributed by atoms with Gasteiger partial charge in [0.2, 0.25) is 23.8 Å². The van der Waals surface area contributed by atoms with Crippen LogP contribution < -0.4 is 47.9 Å². The minimum Gasteiger partial charge on any atom is -0.465 e. The molecule has 33 nitrogen and oxygen atoms in total.